The van der Waals surface area contributed by atoms with Crippen molar-refractivity contribution in [2.75, 3.05) is 57.4 Å². The maximum Gasteiger partial charge on any atom is 0.301 e. The van der Waals surface area contributed by atoms with Gasteiger partial charge in [0.15, 0.2) is 5.82 Å². The number of rotatable bonds is 21. The van der Waals surface area contributed by atoms with E-state index in [-0.39, 0.29) is 80.5 Å². The van der Waals surface area contributed by atoms with Crippen LogP contribution in [-0.4, -0.2) is 127 Å². The third-order valence-corrected chi connectivity index (χ3v) is 15.6. The summed E-state index contributed by atoms with van der Waals surface area (Å²) in [6.45, 7) is 9.68. The van der Waals surface area contributed by atoms with Gasteiger partial charge in [-0.05, 0) is 85.5 Å². The van der Waals surface area contributed by atoms with Gasteiger partial charge in [-0.25, -0.2) is 23.1 Å². The number of aryl methyl sites for hydroxylation is 1. The Balaban J connectivity index is 0.766. The number of halogens is 3. The number of ether oxygens (including phenoxy) is 3. The zero-order valence-corrected chi connectivity index (χ0v) is 43.7. The molecule has 0 spiro atoms. The molecule has 2 aliphatic rings. The molecule has 8 rings (SSSR count). The summed E-state index contributed by atoms with van der Waals surface area (Å²) < 4.78 is 90.0. The predicted molar refractivity (Wildman–Crippen MR) is 277 cm³/mol. The van der Waals surface area contributed by atoms with Gasteiger partial charge in [-0.1, -0.05) is 57.2 Å². The largest absolute Gasteiger partial charge is 0.491 e. The number of nitrogens with zero attached hydrogens (tertiary/aromatic N) is 4. The number of likely N-dealkylation sites (tertiary alicyclic amines) is 1. The van der Waals surface area contributed by atoms with E-state index in [1.165, 1.54) is 6.20 Å². The van der Waals surface area contributed by atoms with Crippen LogP contribution in [0.1, 0.15) is 80.2 Å². The van der Waals surface area contributed by atoms with Gasteiger partial charge in [0.2, 0.25) is 23.5 Å². The fraction of sp³-hybridized carbons (Fsp3) is 0.396. The van der Waals surface area contributed by atoms with Gasteiger partial charge in [0.25, 0.3) is 0 Å². The molecule has 3 aromatic heterocycles. The lowest BCUT2D eigenvalue weighted by Gasteiger charge is -2.35. The van der Waals surface area contributed by atoms with Crippen LogP contribution in [0.3, 0.4) is 0 Å². The molecule has 1 unspecified atom stereocenters. The topological polar surface area (TPSA) is 214 Å². The minimum absolute atomic E-state index is 0.0162. The van der Waals surface area contributed by atoms with Crippen LogP contribution in [0.25, 0.3) is 32.6 Å². The first kappa shape index (κ1) is 54.5. The van der Waals surface area contributed by atoms with Crippen LogP contribution in [0.15, 0.2) is 84.6 Å². The lowest BCUT2D eigenvalue weighted by atomic mass is 9.85. The van der Waals surface area contributed by atoms with E-state index in [9.17, 15) is 32.0 Å². The average Bonchev–Trinajstić information content (AvgIpc) is 4.23. The highest BCUT2D eigenvalue weighted by molar-refractivity contribution is 7.90. The number of thiazole rings is 1. The van der Waals surface area contributed by atoms with Crippen molar-refractivity contribution in [3.05, 3.63) is 119 Å². The molecule has 2 fully saturated rings. The van der Waals surface area contributed by atoms with Crippen LogP contribution in [0.2, 0.25) is 0 Å². The van der Waals surface area contributed by atoms with Gasteiger partial charge in [0.1, 0.15) is 48.7 Å². The molecule has 0 radical (unpaired) electrons. The number of alkyl halides is 1. The summed E-state index contributed by atoms with van der Waals surface area (Å²) >= 11 is 1.58. The van der Waals surface area contributed by atoms with Crippen molar-refractivity contribution in [2.45, 2.75) is 78.2 Å². The van der Waals surface area contributed by atoms with E-state index in [4.69, 9.17) is 14.2 Å². The molecule has 0 saturated carbocycles. The van der Waals surface area contributed by atoms with Crippen LogP contribution in [0, 0.1) is 24.0 Å². The third kappa shape index (κ3) is 12.9. The number of ketones is 1. The Bertz CT molecular complexity index is 3150. The lowest BCUT2D eigenvalue weighted by molar-refractivity contribution is -0.144. The molecule has 5 heterocycles. The molecular weight excluding hydrogens is 1010 g/mol. The van der Waals surface area contributed by atoms with Gasteiger partial charge < -0.3 is 34.7 Å². The smallest absolute Gasteiger partial charge is 0.301 e. The summed E-state index contributed by atoms with van der Waals surface area (Å²) in [6.07, 6.45) is 2.61. The van der Waals surface area contributed by atoms with E-state index in [1.54, 1.807) is 52.8 Å². The van der Waals surface area contributed by atoms with Gasteiger partial charge in [-0.15, -0.1) is 11.3 Å². The fourth-order valence-electron chi connectivity index (χ4n) is 8.99. The number of amides is 3. The standard InChI is InChI=1S/C53H59F3N8O9S2/c1-31(33-8-10-35(11-9-33)48-32(2)59-30-74-48)60-51(67)43-7-6-19-64(43)52(68)49(53(3,4)5)61-44(65)29-72-22-21-71-23-24-73-38-14-12-34(13-15-38)36-25-39-40(27-58-50(39)57-26-36)47(66)45-41(55)16-17-42(46(45)56)62-75(69,70)63-20-18-37(54)28-63/h8-17,25-27,30-31,37,43,49,62H,6-7,18-24,28-29H2,1-5H3,(H,57,58)(H,60,67)(H,61,65)/t31-,37+,43-,49?/m0/s1. The normalized spacial score (nSPS) is 17.0. The van der Waals surface area contributed by atoms with E-state index in [0.717, 1.165) is 38.1 Å². The number of H-pyrrole nitrogens is 1. The zero-order chi connectivity index (χ0) is 53.6. The van der Waals surface area contributed by atoms with Crippen molar-refractivity contribution in [1.82, 2.24) is 34.8 Å². The zero-order valence-electron chi connectivity index (χ0n) is 42.1. The highest BCUT2D eigenvalue weighted by Gasteiger charge is 2.42. The van der Waals surface area contributed by atoms with Crippen molar-refractivity contribution >= 4 is 61.8 Å². The van der Waals surface area contributed by atoms with Gasteiger partial charge in [0, 0.05) is 48.5 Å². The molecule has 17 nitrogen and oxygen atoms in total. The number of carbonyl (C=O) groups is 4. The van der Waals surface area contributed by atoms with Crippen LogP contribution in [0.4, 0.5) is 18.9 Å². The third-order valence-electron chi connectivity index (χ3n) is 13.1. The first-order valence-corrected chi connectivity index (χ1v) is 26.8. The number of benzene rings is 3. The summed E-state index contributed by atoms with van der Waals surface area (Å²) in [4.78, 5) is 68.6. The van der Waals surface area contributed by atoms with E-state index >= 15 is 8.78 Å². The maximum atomic E-state index is 15.7. The molecule has 4 atom stereocenters. The monoisotopic (exact) mass is 1070 g/mol. The molecule has 6 aromatic rings. The molecule has 3 aromatic carbocycles. The second-order valence-electron chi connectivity index (χ2n) is 19.5. The van der Waals surface area contributed by atoms with Gasteiger partial charge in [0.05, 0.1) is 53.2 Å². The Morgan fingerprint density at radius 1 is 0.893 bits per heavy atom. The Labute approximate surface area is 436 Å². The molecule has 2 aliphatic heterocycles. The summed E-state index contributed by atoms with van der Waals surface area (Å²) in [6, 6.07) is 16.4. The Kier molecular flexibility index (Phi) is 17.0. The first-order valence-electron chi connectivity index (χ1n) is 24.5. The van der Waals surface area contributed by atoms with E-state index in [0.29, 0.717) is 36.3 Å². The number of fused-ring (bicyclic) bond motifs is 1. The molecule has 3 amide bonds. The molecule has 22 heteroatoms. The average molecular weight is 1070 g/mol. The fourth-order valence-corrected chi connectivity index (χ4v) is 11.1. The van der Waals surface area contributed by atoms with Crippen LogP contribution < -0.4 is 20.1 Å². The number of anilines is 1. The number of aromatic amines is 1. The lowest BCUT2D eigenvalue weighted by Crippen LogP contribution is -2.58. The number of hydrogen-bond donors (Lipinski definition) is 4. The summed E-state index contributed by atoms with van der Waals surface area (Å²) in [5.41, 5.74) is 3.90. The molecule has 2 saturated heterocycles. The van der Waals surface area contributed by atoms with Crippen molar-refractivity contribution in [3.8, 4) is 27.3 Å². The summed E-state index contributed by atoms with van der Waals surface area (Å²) in [7, 11) is -4.38. The number of hydrogen-bond acceptors (Lipinski definition) is 12. The first-order chi connectivity index (χ1) is 35.8. The van der Waals surface area contributed by atoms with Gasteiger partial charge in [-0.2, -0.15) is 12.7 Å². The van der Waals surface area contributed by atoms with Crippen molar-refractivity contribution in [3.63, 3.8) is 0 Å². The number of nitrogens with one attached hydrogen (secondary N) is 4. The van der Waals surface area contributed by atoms with Gasteiger partial charge >= 0.3 is 10.2 Å². The predicted octanol–water partition coefficient (Wildman–Crippen LogP) is 7.68. The number of aromatic nitrogens is 3. The maximum absolute atomic E-state index is 15.7. The molecule has 4 N–H and O–H groups in total. The van der Waals surface area contributed by atoms with Crippen LogP contribution in [-0.2, 0) is 34.1 Å². The molecule has 75 heavy (non-hydrogen) atoms. The van der Waals surface area contributed by atoms with Crippen molar-refractivity contribution in [2.24, 2.45) is 5.41 Å². The molecule has 0 bridgehead atoms. The van der Waals surface area contributed by atoms with Crippen molar-refractivity contribution in [1.29, 1.82) is 0 Å². The molecular formula is C53H59F3N8O9S2. The van der Waals surface area contributed by atoms with Crippen molar-refractivity contribution < 1.29 is 55.0 Å². The second-order valence-corrected chi connectivity index (χ2v) is 22.0. The quantitative estimate of drug-likeness (QED) is 0.0405. The van der Waals surface area contributed by atoms with Crippen LogP contribution in [0.5, 0.6) is 5.75 Å². The second kappa shape index (κ2) is 23.4. The van der Waals surface area contributed by atoms with Crippen LogP contribution >= 0.6 is 11.3 Å². The summed E-state index contributed by atoms with van der Waals surface area (Å²) in [5, 5.41) is 6.19. The van der Waals surface area contributed by atoms with E-state index in [2.05, 4.69) is 25.6 Å². The molecule has 398 valence electrons. The highest BCUT2D eigenvalue weighted by atomic mass is 32.2. The molecule has 0 aliphatic carbocycles. The minimum Gasteiger partial charge on any atom is -0.491 e. The Hall–Kier alpha value is -6.72. The van der Waals surface area contributed by atoms with E-state index in [1.807, 2.05) is 69.1 Å². The Morgan fingerprint density at radius 2 is 1.61 bits per heavy atom. The Morgan fingerprint density at radius 3 is 2.31 bits per heavy atom. The number of carbonyl (C=O) groups excluding carboxylic acids is 4. The van der Waals surface area contributed by atoms with Gasteiger partial charge in [-0.3, -0.25) is 23.9 Å². The summed E-state index contributed by atoms with van der Waals surface area (Å²) in [5.74, 6) is -4.20. The minimum atomic E-state index is -4.38. The highest BCUT2D eigenvalue weighted by Crippen LogP contribution is 2.33. The SMILES string of the molecule is Cc1ncsc1-c1ccc([C@H](C)NC(=O)[C@@H]2CCCN2C(=O)C(NC(=O)COCCOCCOc2ccc(-c3cnc4[nH]cc(C(=O)c5c(F)ccc(NS(=O)(=O)N6CC[C@@H](F)C6)c5F)c4c3)cc2)C(C)(C)C)cc1. The van der Waals surface area contributed by atoms with E-state index < -0.39 is 75.0 Å². The number of pyridine rings is 1.